The topological polar surface area (TPSA) is 80.3 Å². The van der Waals surface area contributed by atoms with Crippen LogP contribution < -0.4 is 9.47 Å². The van der Waals surface area contributed by atoms with Crippen LogP contribution in [0.2, 0.25) is 0 Å². The standard InChI is InChI=1S/C36H45N5O4/c1-4-45-34-29(33(43-3)37-32(38-34)27-15-16-27)21-39-19-28-20-40(35(42)36(2)23-44-24-36)17-18-41(28)30(22-39)31(25-11-7-5-8-12-25)26-13-9-6-10-14-26/h5-14,27-28,30-31H,4,15-24H2,1-3H3/t28-,30?/m1/s1. The molecule has 0 bridgehead atoms. The monoisotopic (exact) mass is 611 g/mol. The molecule has 4 heterocycles. The second-order valence-electron chi connectivity index (χ2n) is 13.3. The van der Waals surface area contributed by atoms with Crippen LogP contribution >= 0.6 is 0 Å². The van der Waals surface area contributed by atoms with Crippen LogP contribution in [0.15, 0.2) is 60.7 Å². The Hall–Kier alpha value is -3.53. The number of aromatic nitrogens is 2. The summed E-state index contributed by atoms with van der Waals surface area (Å²) < 4.78 is 17.5. The second-order valence-corrected chi connectivity index (χ2v) is 13.3. The molecule has 9 nitrogen and oxygen atoms in total. The van der Waals surface area contributed by atoms with Gasteiger partial charge in [-0.3, -0.25) is 14.6 Å². The summed E-state index contributed by atoms with van der Waals surface area (Å²) in [7, 11) is 1.69. The summed E-state index contributed by atoms with van der Waals surface area (Å²) in [6.07, 6.45) is 2.22. The fraction of sp³-hybridized carbons (Fsp3) is 0.528. The van der Waals surface area contributed by atoms with E-state index in [4.69, 9.17) is 24.2 Å². The minimum Gasteiger partial charge on any atom is -0.481 e. The summed E-state index contributed by atoms with van der Waals surface area (Å²) in [6.45, 7) is 10.1. The number of nitrogens with zero attached hydrogens (tertiary/aromatic N) is 5. The van der Waals surface area contributed by atoms with E-state index in [1.165, 1.54) is 11.1 Å². The molecule has 0 spiro atoms. The predicted octanol–water partition coefficient (Wildman–Crippen LogP) is 4.33. The fourth-order valence-corrected chi connectivity index (χ4v) is 7.46. The molecule has 3 saturated heterocycles. The second kappa shape index (κ2) is 12.7. The smallest absolute Gasteiger partial charge is 0.233 e. The van der Waals surface area contributed by atoms with Crippen LogP contribution in [-0.2, 0) is 16.1 Å². The summed E-state index contributed by atoms with van der Waals surface area (Å²) >= 11 is 0. The molecular weight excluding hydrogens is 566 g/mol. The molecule has 1 unspecified atom stereocenters. The highest BCUT2D eigenvalue weighted by atomic mass is 16.5. The van der Waals surface area contributed by atoms with Gasteiger partial charge in [-0.15, -0.1) is 0 Å². The summed E-state index contributed by atoms with van der Waals surface area (Å²) in [6, 6.07) is 22.1. The van der Waals surface area contributed by atoms with Crippen molar-refractivity contribution in [2.24, 2.45) is 5.41 Å². The molecule has 238 valence electrons. The summed E-state index contributed by atoms with van der Waals surface area (Å²) in [5.41, 5.74) is 3.09. The number of carbonyl (C=O) groups is 1. The Morgan fingerprint density at radius 1 is 0.956 bits per heavy atom. The number of methoxy groups -OCH3 is 1. The van der Waals surface area contributed by atoms with Crippen molar-refractivity contribution >= 4 is 5.91 Å². The molecule has 7 rings (SSSR count). The van der Waals surface area contributed by atoms with Crippen LogP contribution in [-0.4, -0.2) is 102 Å². The molecule has 1 amide bonds. The van der Waals surface area contributed by atoms with Crippen molar-refractivity contribution in [3.8, 4) is 11.8 Å². The summed E-state index contributed by atoms with van der Waals surface area (Å²) in [5, 5.41) is 0. The molecule has 45 heavy (non-hydrogen) atoms. The van der Waals surface area contributed by atoms with E-state index in [2.05, 4.69) is 75.4 Å². The molecule has 4 aliphatic rings. The van der Waals surface area contributed by atoms with Gasteiger partial charge < -0.3 is 19.1 Å². The molecule has 3 aliphatic heterocycles. The quantitative estimate of drug-likeness (QED) is 0.335. The van der Waals surface area contributed by atoms with E-state index in [0.717, 1.165) is 50.4 Å². The Bertz CT molecular complexity index is 1440. The predicted molar refractivity (Wildman–Crippen MR) is 172 cm³/mol. The highest BCUT2D eigenvalue weighted by Crippen LogP contribution is 2.42. The Kier molecular flexibility index (Phi) is 8.50. The van der Waals surface area contributed by atoms with Gasteiger partial charge in [-0.05, 0) is 37.8 Å². The lowest BCUT2D eigenvalue weighted by atomic mass is 9.81. The largest absolute Gasteiger partial charge is 0.481 e. The van der Waals surface area contributed by atoms with Crippen LogP contribution in [0.25, 0.3) is 0 Å². The van der Waals surface area contributed by atoms with E-state index in [9.17, 15) is 4.79 Å². The molecule has 1 saturated carbocycles. The van der Waals surface area contributed by atoms with E-state index in [1.807, 2.05) is 13.8 Å². The molecule has 0 radical (unpaired) electrons. The Labute approximate surface area is 266 Å². The van der Waals surface area contributed by atoms with Gasteiger partial charge in [0.25, 0.3) is 0 Å². The molecule has 2 aromatic carbocycles. The van der Waals surface area contributed by atoms with Crippen molar-refractivity contribution in [1.82, 2.24) is 24.7 Å². The Balaban J connectivity index is 1.24. The van der Waals surface area contributed by atoms with E-state index in [-0.39, 0.29) is 23.9 Å². The van der Waals surface area contributed by atoms with Gasteiger partial charge in [0, 0.05) is 63.2 Å². The molecule has 4 fully saturated rings. The average Bonchev–Trinajstić information content (AvgIpc) is 3.91. The highest BCUT2D eigenvalue weighted by molar-refractivity contribution is 5.83. The van der Waals surface area contributed by atoms with Gasteiger partial charge in [0.1, 0.15) is 5.82 Å². The van der Waals surface area contributed by atoms with Crippen molar-refractivity contribution in [3.63, 3.8) is 0 Å². The number of hydrogen-bond donors (Lipinski definition) is 0. The maximum atomic E-state index is 13.7. The number of benzene rings is 2. The molecule has 3 aromatic rings. The van der Waals surface area contributed by atoms with Gasteiger partial charge >= 0.3 is 0 Å². The summed E-state index contributed by atoms with van der Waals surface area (Å²) in [5.74, 6) is 2.84. The van der Waals surface area contributed by atoms with E-state index in [0.29, 0.717) is 50.6 Å². The first-order chi connectivity index (χ1) is 22.0. The van der Waals surface area contributed by atoms with Crippen LogP contribution in [0.1, 0.15) is 61.0 Å². The normalized spacial score (nSPS) is 23.3. The van der Waals surface area contributed by atoms with Crippen LogP contribution in [0.4, 0.5) is 0 Å². The lowest BCUT2D eigenvalue weighted by molar-refractivity contribution is -0.173. The first-order valence-electron chi connectivity index (χ1n) is 16.5. The first kappa shape index (κ1) is 30.1. The van der Waals surface area contributed by atoms with Crippen LogP contribution in [0.5, 0.6) is 11.8 Å². The van der Waals surface area contributed by atoms with E-state index >= 15 is 0 Å². The number of fused-ring (bicyclic) bond motifs is 1. The minimum atomic E-state index is -0.410. The zero-order valence-corrected chi connectivity index (χ0v) is 26.7. The minimum absolute atomic E-state index is 0.166. The molecule has 0 N–H and O–H groups in total. The lowest BCUT2D eigenvalue weighted by Crippen LogP contribution is -2.68. The van der Waals surface area contributed by atoms with Gasteiger partial charge in [-0.1, -0.05) is 60.7 Å². The molecule has 1 aromatic heterocycles. The first-order valence-corrected chi connectivity index (χ1v) is 16.5. The van der Waals surface area contributed by atoms with Crippen molar-refractivity contribution in [3.05, 3.63) is 83.2 Å². The maximum Gasteiger partial charge on any atom is 0.233 e. The number of ether oxygens (including phenoxy) is 3. The van der Waals surface area contributed by atoms with Crippen molar-refractivity contribution in [2.45, 2.75) is 57.2 Å². The number of piperazine rings is 2. The molecule has 2 atom stereocenters. The van der Waals surface area contributed by atoms with Gasteiger partial charge in [0.2, 0.25) is 17.7 Å². The highest BCUT2D eigenvalue weighted by Gasteiger charge is 2.48. The third-order valence-corrected chi connectivity index (χ3v) is 9.96. The molecular formula is C36H45N5O4. The number of rotatable bonds is 10. The van der Waals surface area contributed by atoms with Gasteiger partial charge in [-0.25, -0.2) is 0 Å². The fourth-order valence-electron chi connectivity index (χ4n) is 7.46. The van der Waals surface area contributed by atoms with Gasteiger partial charge in [-0.2, -0.15) is 9.97 Å². The van der Waals surface area contributed by atoms with Gasteiger partial charge in [0.05, 0.1) is 37.9 Å². The van der Waals surface area contributed by atoms with Crippen LogP contribution in [0, 0.1) is 5.41 Å². The average molecular weight is 612 g/mol. The lowest BCUT2D eigenvalue weighted by Gasteiger charge is -2.54. The summed E-state index contributed by atoms with van der Waals surface area (Å²) in [4.78, 5) is 30.7. The Morgan fingerprint density at radius 2 is 1.62 bits per heavy atom. The Morgan fingerprint density at radius 3 is 2.20 bits per heavy atom. The zero-order chi connectivity index (χ0) is 31.0. The number of amides is 1. The van der Waals surface area contributed by atoms with Gasteiger partial charge in [0.15, 0.2) is 0 Å². The molecule has 1 aliphatic carbocycles. The van der Waals surface area contributed by atoms with Crippen molar-refractivity contribution < 1.29 is 19.0 Å². The number of carbonyl (C=O) groups excluding carboxylic acids is 1. The third kappa shape index (κ3) is 6.05. The van der Waals surface area contributed by atoms with E-state index in [1.54, 1.807) is 7.11 Å². The molecule has 9 heteroatoms. The zero-order valence-electron chi connectivity index (χ0n) is 26.7. The maximum absolute atomic E-state index is 13.7. The van der Waals surface area contributed by atoms with Crippen LogP contribution in [0.3, 0.4) is 0 Å². The van der Waals surface area contributed by atoms with Crippen molar-refractivity contribution in [2.75, 3.05) is 59.7 Å². The van der Waals surface area contributed by atoms with Crippen molar-refractivity contribution in [1.29, 1.82) is 0 Å². The number of hydrogen-bond acceptors (Lipinski definition) is 8. The van der Waals surface area contributed by atoms with E-state index < -0.39 is 5.41 Å². The SMILES string of the molecule is CCOc1nc(C2CC2)nc(OC)c1CN1CC(C(c2ccccc2)c2ccccc2)N2CCN(C(=O)C3(C)COC3)C[C@H]2C1. The third-order valence-electron chi connectivity index (χ3n) is 9.96.